The van der Waals surface area contributed by atoms with E-state index in [0.29, 0.717) is 6.54 Å². The summed E-state index contributed by atoms with van der Waals surface area (Å²) in [7, 11) is 0. The highest BCUT2D eigenvalue weighted by Crippen LogP contribution is 2.39. The first-order valence-corrected chi connectivity index (χ1v) is 8.91. The lowest BCUT2D eigenvalue weighted by atomic mass is 9.94. The van der Waals surface area contributed by atoms with Crippen LogP contribution < -0.4 is 0 Å². The Balaban J connectivity index is 2.42. The van der Waals surface area contributed by atoms with E-state index in [1.165, 1.54) is 17.9 Å². The number of ketones is 1. The first-order chi connectivity index (χ1) is 11.9. The van der Waals surface area contributed by atoms with Crippen LogP contribution in [0, 0.1) is 11.7 Å². The van der Waals surface area contributed by atoms with Gasteiger partial charge < -0.3 is 10.0 Å². The molecule has 25 heavy (non-hydrogen) atoms. The summed E-state index contributed by atoms with van der Waals surface area (Å²) >= 11 is 0. The summed E-state index contributed by atoms with van der Waals surface area (Å²) in [5.74, 6) is -1.79. The van der Waals surface area contributed by atoms with Gasteiger partial charge in [0.2, 0.25) is 0 Å². The molecule has 0 unspecified atom stereocenters. The van der Waals surface area contributed by atoms with Crippen molar-refractivity contribution >= 4 is 11.7 Å². The van der Waals surface area contributed by atoms with Crippen molar-refractivity contribution < 1.29 is 19.1 Å². The van der Waals surface area contributed by atoms with E-state index in [4.69, 9.17) is 0 Å². The van der Waals surface area contributed by atoms with Gasteiger partial charge in [0.25, 0.3) is 5.91 Å². The average molecular weight is 347 g/mol. The summed E-state index contributed by atoms with van der Waals surface area (Å²) < 4.78 is 14.4. The van der Waals surface area contributed by atoms with E-state index in [-0.39, 0.29) is 17.1 Å². The normalized spacial score (nSPS) is 18.8. The smallest absolute Gasteiger partial charge is 0.290 e. The van der Waals surface area contributed by atoms with Crippen LogP contribution in [0.2, 0.25) is 0 Å². The molecule has 0 fully saturated rings. The van der Waals surface area contributed by atoms with Crippen molar-refractivity contribution in [2.75, 3.05) is 6.54 Å². The number of hydrogen-bond donors (Lipinski definition) is 1. The topological polar surface area (TPSA) is 57.6 Å². The highest BCUT2D eigenvalue weighted by atomic mass is 19.1. The van der Waals surface area contributed by atoms with Crippen molar-refractivity contribution in [3.05, 3.63) is 47.0 Å². The van der Waals surface area contributed by atoms with Gasteiger partial charge >= 0.3 is 0 Å². The van der Waals surface area contributed by atoms with Crippen molar-refractivity contribution in [1.29, 1.82) is 0 Å². The third kappa shape index (κ3) is 3.91. The summed E-state index contributed by atoms with van der Waals surface area (Å²) in [4.78, 5) is 26.1. The first-order valence-electron chi connectivity index (χ1n) is 8.91. The molecule has 0 bridgehead atoms. The minimum absolute atomic E-state index is 0.0135. The van der Waals surface area contributed by atoms with Gasteiger partial charge in [-0.15, -0.1) is 0 Å². The maximum absolute atomic E-state index is 14.4. The van der Waals surface area contributed by atoms with Crippen LogP contribution in [0.25, 0.3) is 0 Å². The molecule has 0 radical (unpaired) electrons. The molecule has 1 amide bonds. The number of rotatable bonds is 8. The molecule has 1 aliphatic rings. The van der Waals surface area contributed by atoms with E-state index >= 15 is 0 Å². The molecule has 1 N–H and O–H groups in total. The Hall–Kier alpha value is -2.17. The number of amides is 1. The number of benzene rings is 1. The molecular weight excluding hydrogens is 321 g/mol. The molecule has 0 saturated heterocycles. The molecule has 0 aliphatic carbocycles. The quantitative estimate of drug-likeness (QED) is 0.761. The summed E-state index contributed by atoms with van der Waals surface area (Å²) in [6, 6.07) is 5.24. The highest BCUT2D eigenvalue weighted by molar-refractivity contribution is 6.08. The van der Waals surface area contributed by atoms with Gasteiger partial charge in [0.1, 0.15) is 5.82 Å². The number of halogens is 1. The maximum atomic E-state index is 14.4. The van der Waals surface area contributed by atoms with E-state index < -0.39 is 29.3 Å². The summed E-state index contributed by atoms with van der Waals surface area (Å²) in [5, 5.41) is 10.2. The molecule has 0 spiro atoms. The molecule has 1 aliphatic heterocycles. The SMILES string of the molecule is CCCC[C@H](CC)CN1C(=O)C(O)=C(C(C)=O)[C@@H]1c1ccccc1F. The van der Waals surface area contributed by atoms with Gasteiger partial charge in [0, 0.05) is 12.1 Å². The Kier molecular flexibility index (Phi) is 6.34. The fourth-order valence-electron chi connectivity index (χ4n) is 3.42. The summed E-state index contributed by atoms with van der Waals surface area (Å²) in [5.41, 5.74) is 0.232. The monoisotopic (exact) mass is 347 g/mol. The van der Waals surface area contributed by atoms with E-state index in [9.17, 15) is 19.1 Å². The van der Waals surface area contributed by atoms with Crippen molar-refractivity contribution in [3.8, 4) is 0 Å². The minimum Gasteiger partial charge on any atom is -0.503 e. The lowest BCUT2D eigenvalue weighted by Gasteiger charge is -2.30. The van der Waals surface area contributed by atoms with E-state index in [1.807, 2.05) is 0 Å². The second-order valence-corrected chi connectivity index (χ2v) is 6.62. The Labute approximate surface area is 148 Å². The fraction of sp³-hybridized carbons (Fsp3) is 0.500. The van der Waals surface area contributed by atoms with Gasteiger partial charge in [-0.2, -0.15) is 0 Å². The first kappa shape index (κ1) is 19.2. The van der Waals surface area contributed by atoms with E-state index in [0.717, 1.165) is 25.7 Å². The van der Waals surface area contributed by atoms with Crippen LogP contribution in [0.1, 0.15) is 58.1 Å². The molecule has 136 valence electrons. The molecule has 2 atom stereocenters. The van der Waals surface area contributed by atoms with Crippen LogP contribution in [-0.4, -0.2) is 28.2 Å². The lowest BCUT2D eigenvalue weighted by molar-refractivity contribution is -0.130. The number of aliphatic hydroxyl groups is 1. The maximum Gasteiger partial charge on any atom is 0.290 e. The van der Waals surface area contributed by atoms with Gasteiger partial charge in [-0.1, -0.05) is 51.3 Å². The standard InChI is InChI=1S/C20H26FNO3/c1-4-6-9-14(5-2)12-22-18(15-10-7-8-11-16(15)21)17(13(3)23)19(24)20(22)25/h7-8,10-11,14,18,24H,4-6,9,12H2,1-3H3/t14-,18-/m0/s1. The van der Waals surface area contributed by atoms with Crippen molar-refractivity contribution in [2.24, 2.45) is 5.92 Å². The molecule has 4 nitrogen and oxygen atoms in total. The van der Waals surface area contributed by atoms with E-state index in [2.05, 4.69) is 13.8 Å². The van der Waals surface area contributed by atoms with Gasteiger partial charge in [-0.3, -0.25) is 9.59 Å². The Bertz CT molecular complexity index is 683. The zero-order valence-electron chi connectivity index (χ0n) is 15.1. The predicted molar refractivity (Wildman–Crippen MR) is 94.5 cm³/mol. The van der Waals surface area contributed by atoms with Gasteiger partial charge in [0.05, 0.1) is 11.6 Å². The summed E-state index contributed by atoms with van der Waals surface area (Å²) in [6.07, 6.45) is 3.94. The second kappa shape index (κ2) is 8.28. The van der Waals surface area contributed by atoms with Crippen molar-refractivity contribution in [2.45, 2.75) is 52.5 Å². The van der Waals surface area contributed by atoms with Gasteiger partial charge in [0.15, 0.2) is 11.5 Å². The van der Waals surface area contributed by atoms with Crippen LogP contribution in [0.15, 0.2) is 35.6 Å². The molecule has 0 aromatic heterocycles. The van der Waals surface area contributed by atoms with Crippen molar-refractivity contribution in [3.63, 3.8) is 0 Å². The zero-order chi connectivity index (χ0) is 18.6. The second-order valence-electron chi connectivity index (χ2n) is 6.62. The number of nitrogens with zero attached hydrogens (tertiary/aromatic N) is 1. The van der Waals surface area contributed by atoms with Gasteiger partial charge in [-0.05, 0) is 25.3 Å². The lowest BCUT2D eigenvalue weighted by Crippen LogP contribution is -2.35. The average Bonchev–Trinajstić information content (AvgIpc) is 2.83. The third-order valence-electron chi connectivity index (χ3n) is 4.88. The van der Waals surface area contributed by atoms with Gasteiger partial charge in [-0.25, -0.2) is 4.39 Å². The largest absolute Gasteiger partial charge is 0.503 e. The molecule has 0 saturated carbocycles. The number of hydrogen-bond acceptors (Lipinski definition) is 3. The van der Waals surface area contributed by atoms with Crippen LogP contribution in [0.5, 0.6) is 0 Å². The molecule has 5 heteroatoms. The van der Waals surface area contributed by atoms with Crippen LogP contribution in [0.3, 0.4) is 0 Å². The Morgan fingerprint density at radius 3 is 2.56 bits per heavy atom. The molecular formula is C20H26FNO3. The molecule has 2 rings (SSSR count). The molecule has 1 heterocycles. The molecule has 1 aromatic carbocycles. The zero-order valence-corrected chi connectivity index (χ0v) is 15.1. The van der Waals surface area contributed by atoms with Crippen LogP contribution >= 0.6 is 0 Å². The highest BCUT2D eigenvalue weighted by Gasteiger charge is 2.43. The molecule has 1 aromatic rings. The Morgan fingerprint density at radius 1 is 1.32 bits per heavy atom. The minimum atomic E-state index is -0.859. The van der Waals surface area contributed by atoms with Crippen molar-refractivity contribution in [1.82, 2.24) is 4.90 Å². The number of unbranched alkanes of at least 4 members (excludes halogenated alkanes) is 1. The Morgan fingerprint density at radius 2 is 2.00 bits per heavy atom. The number of Topliss-reactive ketones (excluding diaryl/α,β-unsaturated/α-hetero) is 1. The third-order valence-corrected chi connectivity index (χ3v) is 4.88. The fourth-order valence-corrected chi connectivity index (χ4v) is 3.42. The predicted octanol–water partition coefficient (Wildman–Crippen LogP) is 4.33. The number of carbonyl (C=O) groups excluding carboxylic acids is 2. The summed E-state index contributed by atoms with van der Waals surface area (Å²) in [6.45, 7) is 5.86. The van der Waals surface area contributed by atoms with Crippen LogP contribution in [-0.2, 0) is 9.59 Å². The number of carbonyl (C=O) groups is 2. The van der Waals surface area contributed by atoms with Crippen LogP contribution in [0.4, 0.5) is 4.39 Å². The number of aliphatic hydroxyl groups excluding tert-OH is 1. The van der Waals surface area contributed by atoms with E-state index in [1.54, 1.807) is 18.2 Å².